The van der Waals surface area contributed by atoms with Gasteiger partial charge >= 0.3 is 0 Å². The Morgan fingerprint density at radius 1 is 1.06 bits per heavy atom. The predicted octanol–water partition coefficient (Wildman–Crippen LogP) is 2.39. The van der Waals surface area contributed by atoms with Gasteiger partial charge in [-0.25, -0.2) is 0 Å². The lowest BCUT2D eigenvalue weighted by molar-refractivity contribution is -0.0451. The van der Waals surface area contributed by atoms with E-state index in [2.05, 4.69) is 10.2 Å². The van der Waals surface area contributed by atoms with Crippen LogP contribution in [0.4, 0.5) is 0 Å². The number of rotatable bonds is 2. The van der Waals surface area contributed by atoms with Gasteiger partial charge in [0.2, 0.25) is 0 Å². The summed E-state index contributed by atoms with van der Waals surface area (Å²) in [4.78, 5) is 2.81. The van der Waals surface area contributed by atoms with E-state index in [0.29, 0.717) is 5.54 Å². The van der Waals surface area contributed by atoms with Crippen molar-refractivity contribution in [3.63, 3.8) is 0 Å². The molecule has 0 bridgehead atoms. The van der Waals surface area contributed by atoms with Gasteiger partial charge in [-0.3, -0.25) is 4.90 Å². The van der Waals surface area contributed by atoms with Crippen LogP contribution in [0.5, 0.6) is 0 Å². The molecule has 0 aromatic heterocycles. The first-order chi connectivity index (χ1) is 7.89. The summed E-state index contributed by atoms with van der Waals surface area (Å²) in [7, 11) is 0. The zero-order valence-corrected chi connectivity index (χ0v) is 10.5. The number of likely N-dealkylation sites (tertiary alicyclic amines) is 1. The average Bonchev–Trinajstić information content (AvgIpc) is 2.37. The van der Waals surface area contributed by atoms with Gasteiger partial charge in [-0.05, 0) is 44.6 Å². The van der Waals surface area contributed by atoms with Crippen LogP contribution in [0.15, 0.2) is 0 Å². The van der Waals surface area contributed by atoms with Crippen molar-refractivity contribution in [2.24, 2.45) is 5.92 Å². The number of piperidine rings is 1. The van der Waals surface area contributed by atoms with Crippen molar-refractivity contribution in [1.82, 2.24) is 10.2 Å². The van der Waals surface area contributed by atoms with Crippen LogP contribution in [-0.2, 0) is 0 Å². The van der Waals surface area contributed by atoms with E-state index in [1.165, 1.54) is 77.5 Å². The fourth-order valence-corrected chi connectivity index (χ4v) is 3.99. The molecule has 2 nitrogen and oxygen atoms in total. The van der Waals surface area contributed by atoms with Gasteiger partial charge in [-0.1, -0.05) is 19.3 Å². The molecule has 1 atom stereocenters. The van der Waals surface area contributed by atoms with Crippen molar-refractivity contribution in [2.45, 2.75) is 56.9 Å². The Labute approximate surface area is 99.8 Å². The smallest absolute Gasteiger partial charge is 0.0346 e. The summed E-state index contributed by atoms with van der Waals surface area (Å²) in [6.07, 6.45) is 11.8. The Balaban J connectivity index is 1.54. The van der Waals surface area contributed by atoms with E-state index in [1.807, 2.05) is 0 Å². The van der Waals surface area contributed by atoms with Crippen LogP contribution >= 0.6 is 0 Å². The normalized spacial score (nSPS) is 37.5. The molecule has 3 rings (SSSR count). The van der Waals surface area contributed by atoms with Crippen LogP contribution in [-0.4, -0.2) is 36.6 Å². The molecule has 2 heterocycles. The van der Waals surface area contributed by atoms with Gasteiger partial charge in [0.25, 0.3) is 0 Å². The molecule has 3 aliphatic rings. The summed E-state index contributed by atoms with van der Waals surface area (Å²) in [5, 5.41) is 3.60. The highest BCUT2D eigenvalue weighted by atomic mass is 15.3. The fraction of sp³-hybridized carbons (Fsp3) is 1.00. The highest BCUT2D eigenvalue weighted by Crippen LogP contribution is 2.38. The van der Waals surface area contributed by atoms with Gasteiger partial charge in [0.15, 0.2) is 0 Å². The highest BCUT2D eigenvalue weighted by molar-refractivity contribution is 5.03. The van der Waals surface area contributed by atoms with Gasteiger partial charge in [-0.2, -0.15) is 0 Å². The van der Waals surface area contributed by atoms with Crippen molar-refractivity contribution >= 4 is 0 Å². The van der Waals surface area contributed by atoms with Crippen LogP contribution in [0.2, 0.25) is 0 Å². The molecule has 1 spiro atoms. The minimum absolute atomic E-state index is 0.593. The van der Waals surface area contributed by atoms with Gasteiger partial charge in [0.1, 0.15) is 0 Å². The van der Waals surface area contributed by atoms with E-state index >= 15 is 0 Å². The molecule has 1 saturated carbocycles. The first kappa shape index (κ1) is 11.0. The number of nitrogens with one attached hydrogen (secondary N) is 1. The Kier molecular flexibility index (Phi) is 3.21. The summed E-state index contributed by atoms with van der Waals surface area (Å²) >= 11 is 0. The molecule has 0 amide bonds. The molecule has 0 aromatic carbocycles. The second kappa shape index (κ2) is 4.66. The van der Waals surface area contributed by atoms with E-state index in [0.717, 1.165) is 5.92 Å². The van der Waals surface area contributed by atoms with E-state index in [-0.39, 0.29) is 0 Å². The summed E-state index contributed by atoms with van der Waals surface area (Å²) in [5.41, 5.74) is 0.593. The molecular formula is C14H26N2. The summed E-state index contributed by atoms with van der Waals surface area (Å²) in [6.45, 7) is 5.29. The monoisotopic (exact) mass is 222 g/mol. The van der Waals surface area contributed by atoms with Gasteiger partial charge < -0.3 is 5.32 Å². The van der Waals surface area contributed by atoms with Crippen molar-refractivity contribution < 1.29 is 0 Å². The van der Waals surface area contributed by atoms with Crippen LogP contribution < -0.4 is 5.32 Å². The van der Waals surface area contributed by atoms with Crippen molar-refractivity contribution in [3.05, 3.63) is 0 Å². The molecule has 1 aliphatic carbocycles. The number of nitrogens with zero attached hydrogens (tertiary/aromatic N) is 1. The Bertz CT molecular complexity index is 227. The quantitative estimate of drug-likeness (QED) is 0.772. The average molecular weight is 222 g/mol. The maximum absolute atomic E-state index is 3.60. The Morgan fingerprint density at radius 3 is 2.56 bits per heavy atom. The van der Waals surface area contributed by atoms with E-state index in [4.69, 9.17) is 0 Å². The number of hydrogen-bond donors (Lipinski definition) is 1. The molecule has 0 aromatic rings. The van der Waals surface area contributed by atoms with Gasteiger partial charge in [-0.15, -0.1) is 0 Å². The standard InChI is InChI=1S/C14H26N2/c1-2-5-13(6-3-1)11-16-10-8-14(16)7-4-9-15-12-14/h13,15H,1-12H2/t14-/m1/s1. The van der Waals surface area contributed by atoms with Crippen LogP contribution in [0.1, 0.15) is 51.4 Å². The van der Waals surface area contributed by atoms with Crippen molar-refractivity contribution in [1.29, 1.82) is 0 Å². The molecule has 2 saturated heterocycles. The van der Waals surface area contributed by atoms with E-state index < -0.39 is 0 Å². The zero-order valence-electron chi connectivity index (χ0n) is 10.5. The number of hydrogen-bond acceptors (Lipinski definition) is 2. The summed E-state index contributed by atoms with van der Waals surface area (Å²) in [6, 6.07) is 0. The maximum atomic E-state index is 3.60. The molecular weight excluding hydrogens is 196 g/mol. The third-order valence-corrected chi connectivity index (χ3v) is 5.17. The topological polar surface area (TPSA) is 15.3 Å². The highest BCUT2D eigenvalue weighted by Gasteiger charge is 2.45. The van der Waals surface area contributed by atoms with Crippen molar-refractivity contribution in [3.8, 4) is 0 Å². The van der Waals surface area contributed by atoms with Gasteiger partial charge in [0, 0.05) is 25.2 Å². The molecule has 1 N–H and O–H groups in total. The fourth-order valence-electron chi connectivity index (χ4n) is 3.99. The third-order valence-electron chi connectivity index (χ3n) is 5.17. The lowest BCUT2D eigenvalue weighted by Crippen LogP contribution is -2.67. The van der Waals surface area contributed by atoms with Crippen LogP contribution in [0.3, 0.4) is 0 Å². The minimum Gasteiger partial charge on any atom is -0.315 e. The molecule has 92 valence electrons. The summed E-state index contributed by atoms with van der Waals surface area (Å²) in [5.74, 6) is 1.02. The third kappa shape index (κ3) is 2.02. The summed E-state index contributed by atoms with van der Waals surface area (Å²) < 4.78 is 0. The zero-order chi connectivity index (χ0) is 10.8. The molecule has 0 unspecified atom stereocenters. The second-order valence-corrected chi connectivity index (χ2v) is 6.20. The SMILES string of the molecule is C1CCC(CN2CC[C@@]23CCCNC3)CC1. The second-order valence-electron chi connectivity index (χ2n) is 6.20. The van der Waals surface area contributed by atoms with Crippen LogP contribution in [0.25, 0.3) is 0 Å². The molecule has 2 heteroatoms. The first-order valence-corrected chi connectivity index (χ1v) is 7.35. The van der Waals surface area contributed by atoms with Crippen molar-refractivity contribution in [2.75, 3.05) is 26.2 Å². The molecule has 16 heavy (non-hydrogen) atoms. The molecule has 0 radical (unpaired) electrons. The van der Waals surface area contributed by atoms with Gasteiger partial charge in [0.05, 0.1) is 0 Å². The largest absolute Gasteiger partial charge is 0.315 e. The van der Waals surface area contributed by atoms with E-state index in [9.17, 15) is 0 Å². The maximum Gasteiger partial charge on any atom is 0.0346 e. The van der Waals surface area contributed by atoms with Crippen LogP contribution in [0, 0.1) is 5.92 Å². The molecule has 3 fully saturated rings. The first-order valence-electron chi connectivity index (χ1n) is 7.35. The predicted molar refractivity (Wildman–Crippen MR) is 67.6 cm³/mol. The Morgan fingerprint density at radius 2 is 1.94 bits per heavy atom. The Hall–Kier alpha value is -0.0800. The lowest BCUT2D eigenvalue weighted by atomic mass is 9.76. The molecule has 2 aliphatic heterocycles. The minimum atomic E-state index is 0.593. The lowest BCUT2D eigenvalue weighted by Gasteiger charge is -2.56. The van der Waals surface area contributed by atoms with E-state index in [1.54, 1.807) is 0 Å².